The normalized spacial score (nSPS) is 12.6. The number of aryl methyl sites for hydroxylation is 1. The van der Waals surface area contributed by atoms with Gasteiger partial charge in [0.05, 0.1) is 0 Å². The van der Waals surface area contributed by atoms with Crippen molar-refractivity contribution in [1.82, 2.24) is 4.90 Å². The number of hydrogen-bond donors (Lipinski definition) is 1. The number of hydrogen-bond acceptors (Lipinski definition) is 3. The maximum absolute atomic E-state index is 12.5. The molecule has 1 heterocycles. The number of furan rings is 1. The highest BCUT2D eigenvalue weighted by molar-refractivity contribution is 5.96. The van der Waals surface area contributed by atoms with Crippen molar-refractivity contribution in [2.24, 2.45) is 11.7 Å². The molecule has 2 N–H and O–H groups in total. The van der Waals surface area contributed by atoms with Gasteiger partial charge >= 0.3 is 0 Å². The number of nitrogens with two attached hydrogens (primary N) is 1. The van der Waals surface area contributed by atoms with E-state index in [1.807, 2.05) is 45.0 Å². The Kier molecular flexibility index (Phi) is 4.45. The van der Waals surface area contributed by atoms with Crippen molar-refractivity contribution in [1.29, 1.82) is 0 Å². The second-order valence-corrected chi connectivity index (χ2v) is 5.34. The number of amides is 1. The molecule has 2 aromatic rings. The summed E-state index contributed by atoms with van der Waals surface area (Å²) in [6.07, 6.45) is 0. The van der Waals surface area contributed by atoms with Gasteiger partial charge in [0, 0.05) is 18.5 Å². The second kappa shape index (κ2) is 6.09. The molecule has 2 rings (SSSR count). The minimum absolute atomic E-state index is 0.0679. The lowest BCUT2D eigenvalue weighted by Gasteiger charge is -2.22. The largest absolute Gasteiger partial charge is 0.451 e. The van der Waals surface area contributed by atoms with Gasteiger partial charge in [-0.3, -0.25) is 4.79 Å². The van der Waals surface area contributed by atoms with Crippen LogP contribution in [0.2, 0.25) is 0 Å². The smallest absolute Gasteiger partial charge is 0.289 e. The van der Waals surface area contributed by atoms with Gasteiger partial charge in [-0.1, -0.05) is 18.6 Å². The summed E-state index contributed by atoms with van der Waals surface area (Å²) in [7, 11) is 0. The van der Waals surface area contributed by atoms with Crippen LogP contribution < -0.4 is 5.73 Å². The molecule has 1 aromatic heterocycles. The highest BCUT2D eigenvalue weighted by atomic mass is 16.3. The fourth-order valence-corrected chi connectivity index (χ4v) is 2.23. The molecule has 1 unspecified atom stereocenters. The standard InChI is InChI=1S/C16H22N2O2/c1-4-18(10-12(3)9-17)16(19)15-8-13-7-11(2)5-6-14(13)20-15/h5-8,12H,4,9-10,17H2,1-3H3. The zero-order chi connectivity index (χ0) is 14.7. The molecule has 0 saturated carbocycles. The van der Waals surface area contributed by atoms with Gasteiger partial charge in [-0.2, -0.15) is 0 Å². The molecule has 1 aromatic carbocycles. The van der Waals surface area contributed by atoms with Gasteiger partial charge < -0.3 is 15.1 Å². The number of fused-ring (bicyclic) bond motifs is 1. The van der Waals surface area contributed by atoms with Crippen molar-refractivity contribution >= 4 is 16.9 Å². The highest BCUT2D eigenvalue weighted by Crippen LogP contribution is 2.21. The summed E-state index contributed by atoms with van der Waals surface area (Å²) >= 11 is 0. The highest BCUT2D eigenvalue weighted by Gasteiger charge is 2.20. The Morgan fingerprint density at radius 2 is 2.15 bits per heavy atom. The quantitative estimate of drug-likeness (QED) is 0.912. The molecular formula is C16H22N2O2. The van der Waals surface area contributed by atoms with Gasteiger partial charge in [0.25, 0.3) is 5.91 Å². The average Bonchev–Trinajstić information content (AvgIpc) is 2.86. The van der Waals surface area contributed by atoms with Crippen molar-refractivity contribution in [3.05, 3.63) is 35.6 Å². The van der Waals surface area contributed by atoms with Gasteiger partial charge in [-0.25, -0.2) is 0 Å². The van der Waals surface area contributed by atoms with E-state index in [0.29, 0.717) is 25.4 Å². The fourth-order valence-electron chi connectivity index (χ4n) is 2.23. The minimum Gasteiger partial charge on any atom is -0.451 e. The van der Waals surface area contributed by atoms with E-state index in [1.165, 1.54) is 0 Å². The summed E-state index contributed by atoms with van der Waals surface area (Å²) in [6.45, 7) is 7.91. The molecule has 0 bridgehead atoms. The molecule has 108 valence electrons. The van der Waals surface area contributed by atoms with Gasteiger partial charge in [-0.15, -0.1) is 0 Å². The van der Waals surface area contributed by atoms with E-state index in [-0.39, 0.29) is 11.8 Å². The summed E-state index contributed by atoms with van der Waals surface area (Å²) in [5.74, 6) is 0.615. The Bertz CT molecular complexity index is 604. The molecule has 0 aliphatic rings. The van der Waals surface area contributed by atoms with Gasteiger partial charge in [-0.05, 0) is 44.5 Å². The van der Waals surface area contributed by atoms with Crippen LogP contribution in [0, 0.1) is 12.8 Å². The Labute approximate surface area is 119 Å². The van der Waals surface area contributed by atoms with Gasteiger partial charge in [0.1, 0.15) is 5.58 Å². The van der Waals surface area contributed by atoms with E-state index in [1.54, 1.807) is 4.90 Å². The predicted octanol–water partition coefficient (Wildman–Crippen LogP) is 2.80. The first-order valence-corrected chi connectivity index (χ1v) is 7.04. The fraction of sp³-hybridized carbons (Fsp3) is 0.438. The number of nitrogens with zero attached hydrogens (tertiary/aromatic N) is 1. The Morgan fingerprint density at radius 3 is 2.80 bits per heavy atom. The van der Waals surface area contributed by atoms with E-state index < -0.39 is 0 Å². The molecule has 1 amide bonds. The molecule has 0 radical (unpaired) electrons. The Morgan fingerprint density at radius 1 is 1.40 bits per heavy atom. The van der Waals surface area contributed by atoms with Crippen LogP contribution >= 0.6 is 0 Å². The molecule has 1 atom stereocenters. The van der Waals surface area contributed by atoms with Gasteiger partial charge in [0.15, 0.2) is 5.76 Å². The van der Waals surface area contributed by atoms with Crippen LogP contribution in [-0.2, 0) is 0 Å². The number of carbonyl (C=O) groups is 1. The topological polar surface area (TPSA) is 59.5 Å². The summed E-state index contributed by atoms with van der Waals surface area (Å²) < 4.78 is 5.66. The summed E-state index contributed by atoms with van der Waals surface area (Å²) in [5.41, 5.74) is 7.54. The molecule has 0 fully saturated rings. The van der Waals surface area contributed by atoms with Crippen molar-refractivity contribution in [3.8, 4) is 0 Å². The maximum atomic E-state index is 12.5. The Balaban J connectivity index is 2.25. The Hall–Kier alpha value is -1.81. The third kappa shape index (κ3) is 3.02. The van der Waals surface area contributed by atoms with Crippen molar-refractivity contribution in [2.45, 2.75) is 20.8 Å². The molecule has 0 aliphatic carbocycles. The van der Waals surface area contributed by atoms with Crippen LogP contribution in [0.25, 0.3) is 11.0 Å². The van der Waals surface area contributed by atoms with Crippen molar-refractivity contribution in [3.63, 3.8) is 0 Å². The van der Waals surface area contributed by atoms with E-state index in [4.69, 9.17) is 10.2 Å². The zero-order valence-electron chi connectivity index (χ0n) is 12.3. The van der Waals surface area contributed by atoms with E-state index in [9.17, 15) is 4.79 Å². The summed E-state index contributed by atoms with van der Waals surface area (Å²) in [6, 6.07) is 7.73. The third-order valence-electron chi connectivity index (χ3n) is 3.49. The molecule has 0 saturated heterocycles. The van der Waals surface area contributed by atoms with Crippen LogP contribution in [0.15, 0.2) is 28.7 Å². The summed E-state index contributed by atoms with van der Waals surface area (Å²) in [4.78, 5) is 14.3. The van der Waals surface area contributed by atoms with E-state index >= 15 is 0 Å². The molecule has 4 heteroatoms. The number of rotatable bonds is 5. The van der Waals surface area contributed by atoms with E-state index in [0.717, 1.165) is 16.5 Å². The monoisotopic (exact) mass is 274 g/mol. The zero-order valence-corrected chi connectivity index (χ0v) is 12.3. The molecule has 4 nitrogen and oxygen atoms in total. The van der Waals surface area contributed by atoms with Crippen molar-refractivity contribution in [2.75, 3.05) is 19.6 Å². The minimum atomic E-state index is -0.0679. The first-order valence-electron chi connectivity index (χ1n) is 7.04. The lowest BCUT2D eigenvalue weighted by Crippen LogP contribution is -2.36. The number of benzene rings is 1. The predicted molar refractivity (Wildman–Crippen MR) is 80.7 cm³/mol. The molecule has 0 spiro atoms. The van der Waals surface area contributed by atoms with Crippen LogP contribution in [0.3, 0.4) is 0 Å². The molecule has 0 aliphatic heterocycles. The first-order chi connectivity index (χ1) is 9.55. The van der Waals surface area contributed by atoms with Crippen molar-refractivity contribution < 1.29 is 9.21 Å². The van der Waals surface area contributed by atoms with Crippen LogP contribution in [0.4, 0.5) is 0 Å². The SMILES string of the molecule is CCN(CC(C)CN)C(=O)c1cc2cc(C)ccc2o1. The average molecular weight is 274 g/mol. The van der Waals surface area contributed by atoms with Crippen LogP contribution in [-0.4, -0.2) is 30.4 Å². The van der Waals surface area contributed by atoms with Crippen LogP contribution in [0.5, 0.6) is 0 Å². The van der Waals surface area contributed by atoms with E-state index in [2.05, 4.69) is 0 Å². The molecule has 20 heavy (non-hydrogen) atoms. The second-order valence-electron chi connectivity index (χ2n) is 5.34. The first kappa shape index (κ1) is 14.6. The maximum Gasteiger partial charge on any atom is 0.289 e. The number of carbonyl (C=O) groups excluding carboxylic acids is 1. The lowest BCUT2D eigenvalue weighted by atomic mass is 10.1. The van der Waals surface area contributed by atoms with Gasteiger partial charge in [0.2, 0.25) is 0 Å². The van der Waals surface area contributed by atoms with Crippen LogP contribution in [0.1, 0.15) is 30.0 Å². The molecular weight excluding hydrogens is 252 g/mol. The lowest BCUT2D eigenvalue weighted by molar-refractivity contribution is 0.0714. The third-order valence-corrected chi connectivity index (χ3v) is 3.49. The summed E-state index contributed by atoms with van der Waals surface area (Å²) in [5, 5.41) is 0.969.